The number of amides is 2. The van der Waals surface area contributed by atoms with Gasteiger partial charge in [-0.1, -0.05) is 25.0 Å². The van der Waals surface area contributed by atoms with Crippen molar-refractivity contribution in [3.63, 3.8) is 0 Å². The van der Waals surface area contributed by atoms with Crippen LogP contribution in [0.25, 0.3) is 0 Å². The van der Waals surface area contributed by atoms with Crippen LogP contribution in [0.15, 0.2) is 24.3 Å². The van der Waals surface area contributed by atoms with Gasteiger partial charge in [-0.15, -0.1) is 0 Å². The Morgan fingerprint density at radius 1 is 1.16 bits per heavy atom. The van der Waals surface area contributed by atoms with E-state index in [1.807, 2.05) is 0 Å². The second-order valence-corrected chi connectivity index (χ2v) is 7.95. The highest BCUT2D eigenvalue weighted by Gasteiger charge is 2.32. The van der Waals surface area contributed by atoms with Crippen LogP contribution in [0.2, 0.25) is 0 Å². The molecule has 1 aliphatic heterocycles. The predicted molar refractivity (Wildman–Crippen MR) is 114 cm³/mol. The summed E-state index contributed by atoms with van der Waals surface area (Å²) >= 11 is 4.15. The summed E-state index contributed by atoms with van der Waals surface area (Å²) in [5.74, 6) is -0.462. The molecule has 0 saturated carbocycles. The van der Waals surface area contributed by atoms with Gasteiger partial charge in [0.25, 0.3) is 0 Å². The minimum absolute atomic E-state index is 0.0284. The molecule has 1 aliphatic rings. The molecule has 3 N–H and O–H groups in total. The van der Waals surface area contributed by atoms with Crippen LogP contribution in [0.5, 0.6) is 0 Å². The Hall–Kier alpha value is -2.07. The third-order valence-corrected chi connectivity index (χ3v) is 5.38. The highest BCUT2D eigenvalue weighted by Crippen LogP contribution is 2.29. The van der Waals surface area contributed by atoms with E-state index in [1.165, 1.54) is 12.1 Å². The molecule has 2 amide bonds. The van der Waals surface area contributed by atoms with Crippen LogP contribution in [0, 0.1) is 0 Å². The van der Waals surface area contributed by atoms with E-state index in [2.05, 4.69) is 28.6 Å². The number of benzene rings is 1. The lowest BCUT2D eigenvalue weighted by Crippen LogP contribution is -2.56. The van der Waals surface area contributed by atoms with Crippen LogP contribution in [0.3, 0.4) is 0 Å². The summed E-state index contributed by atoms with van der Waals surface area (Å²) in [4.78, 5) is 37.2. The van der Waals surface area contributed by atoms with Crippen LogP contribution in [0.4, 0.5) is 13.2 Å². The lowest BCUT2D eigenvalue weighted by molar-refractivity contribution is -0.137. The van der Waals surface area contributed by atoms with Crippen LogP contribution in [0.1, 0.15) is 49.7 Å². The average Bonchev–Trinajstić information content (AvgIpc) is 2.74. The number of unbranched alkanes of at least 4 members (excludes halogenated alkanes) is 2. The fraction of sp³-hybridized carbons (Fsp3) is 0.571. The first-order valence-corrected chi connectivity index (χ1v) is 11.0. The number of alkyl halides is 3. The molecule has 31 heavy (non-hydrogen) atoms. The molecule has 0 spiro atoms. The zero-order valence-electron chi connectivity index (χ0n) is 17.1. The van der Waals surface area contributed by atoms with E-state index < -0.39 is 35.6 Å². The molecule has 0 radical (unpaired) electrons. The smallest absolute Gasteiger partial charge is 0.350 e. The van der Waals surface area contributed by atoms with E-state index in [9.17, 15) is 27.6 Å². The summed E-state index contributed by atoms with van der Waals surface area (Å²) in [6.45, 7) is 0.581. The molecule has 0 bridgehead atoms. The van der Waals surface area contributed by atoms with Gasteiger partial charge in [0.05, 0.1) is 5.56 Å². The van der Waals surface area contributed by atoms with Crippen LogP contribution < -0.4 is 16.0 Å². The number of nitrogens with one attached hydrogen (secondary N) is 3. The number of hydrogen-bond donors (Lipinski definition) is 4. The van der Waals surface area contributed by atoms with Gasteiger partial charge in [0.15, 0.2) is 5.78 Å². The van der Waals surface area contributed by atoms with Gasteiger partial charge in [-0.05, 0) is 49.3 Å². The summed E-state index contributed by atoms with van der Waals surface area (Å²) in [5, 5.41) is 8.19. The van der Waals surface area contributed by atoms with Crippen molar-refractivity contribution in [1.29, 1.82) is 0 Å². The van der Waals surface area contributed by atoms with E-state index >= 15 is 0 Å². The highest BCUT2D eigenvalue weighted by atomic mass is 32.1. The monoisotopic (exact) mass is 459 g/mol. The molecule has 1 aromatic rings. The number of halogens is 3. The third kappa shape index (κ3) is 8.17. The molecule has 1 unspecified atom stereocenters. The largest absolute Gasteiger partial charge is 0.416 e. The maximum absolute atomic E-state index is 12.7. The molecule has 0 aliphatic carbocycles. The lowest BCUT2D eigenvalue weighted by atomic mass is 10.0. The fourth-order valence-corrected chi connectivity index (χ4v) is 3.51. The average molecular weight is 460 g/mol. The fourth-order valence-electron chi connectivity index (χ4n) is 3.29. The molecule has 10 heteroatoms. The first-order valence-electron chi connectivity index (χ1n) is 10.3. The predicted octanol–water partition coefficient (Wildman–Crippen LogP) is 2.62. The van der Waals surface area contributed by atoms with E-state index in [1.54, 1.807) is 0 Å². The molecule has 2 rings (SSSR count). The minimum atomic E-state index is -4.42. The molecule has 1 heterocycles. The van der Waals surface area contributed by atoms with Gasteiger partial charge in [-0.25, -0.2) is 0 Å². The topological polar surface area (TPSA) is 87.3 Å². The zero-order valence-corrected chi connectivity index (χ0v) is 18.0. The van der Waals surface area contributed by atoms with E-state index in [0.717, 1.165) is 30.7 Å². The standard InChI is InChI=1S/C21H28F3N3O3S/c22-21(23,24)15-9-7-14(8-10-15)13-26-19(29)16(5-2-1-3-12-31)27-20(30)18-17(28)6-4-11-25-18/h7-10,16,18,25,31H,1-6,11-13H2,(H,26,29)(H,27,30)/t16-,18?/m0/s1. The van der Waals surface area contributed by atoms with Gasteiger partial charge in [-0.3, -0.25) is 19.7 Å². The third-order valence-electron chi connectivity index (χ3n) is 5.06. The summed E-state index contributed by atoms with van der Waals surface area (Å²) in [5.41, 5.74) is -0.257. The maximum atomic E-state index is 12.7. The number of hydrogen-bond acceptors (Lipinski definition) is 5. The van der Waals surface area contributed by atoms with Crippen molar-refractivity contribution in [3.05, 3.63) is 35.4 Å². The molecule has 2 atom stereocenters. The normalized spacial score (nSPS) is 17.8. The Bertz CT molecular complexity index is 756. The summed E-state index contributed by atoms with van der Waals surface area (Å²) in [7, 11) is 0. The number of piperidine rings is 1. The van der Waals surface area contributed by atoms with Gasteiger partial charge in [-0.2, -0.15) is 25.8 Å². The molecule has 1 aromatic carbocycles. The zero-order chi connectivity index (χ0) is 22.9. The Morgan fingerprint density at radius 3 is 2.48 bits per heavy atom. The first-order chi connectivity index (χ1) is 14.7. The SMILES string of the molecule is O=C1CCCNC1C(=O)N[C@@H](CCCCCS)C(=O)NCc1ccc(C(F)(F)F)cc1. The number of thiol groups is 1. The number of Topliss-reactive ketones (excluding diaryl/α,β-unsaturated/α-hetero) is 1. The van der Waals surface area contributed by atoms with Crippen molar-refractivity contribution >= 4 is 30.2 Å². The number of carbonyl (C=O) groups is 3. The quantitative estimate of drug-likeness (QED) is 0.246. The number of carbonyl (C=O) groups excluding carboxylic acids is 3. The molecular formula is C21H28F3N3O3S. The Balaban J connectivity index is 1.96. The van der Waals surface area contributed by atoms with Gasteiger partial charge in [0.2, 0.25) is 11.8 Å². The van der Waals surface area contributed by atoms with Gasteiger partial charge >= 0.3 is 6.18 Å². The van der Waals surface area contributed by atoms with Gasteiger partial charge in [0.1, 0.15) is 12.1 Å². The Kier molecular flexibility index (Phi) is 9.83. The van der Waals surface area contributed by atoms with Crippen LogP contribution in [-0.4, -0.2) is 42.0 Å². The van der Waals surface area contributed by atoms with Crippen LogP contribution in [-0.2, 0) is 27.1 Å². The molecule has 0 aromatic heterocycles. The Morgan fingerprint density at radius 2 is 1.87 bits per heavy atom. The molecule has 172 valence electrons. The molecule has 1 fully saturated rings. The van der Waals surface area contributed by atoms with Crippen LogP contribution >= 0.6 is 12.6 Å². The second-order valence-electron chi connectivity index (χ2n) is 7.50. The molecule has 6 nitrogen and oxygen atoms in total. The van der Waals surface area contributed by atoms with Gasteiger partial charge < -0.3 is 10.6 Å². The van der Waals surface area contributed by atoms with Crippen molar-refractivity contribution in [2.75, 3.05) is 12.3 Å². The highest BCUT2D eigenvalue weighted by molar-refractivity contribution is 7.80. The van der Waals surface area contributed by atoms with Gasteiger partial charge in [0, 0.05) is 13.0 Å². The number of ketones is 1. The van der Waals surface area contributed by atoms with E-state index in [-0.39, 0.29) is 12.3 Å². The molecular weight excluding hydrogens is 431 g/mol. The molecule has 1 saturated heterocycles. The van der Waals surface area contributed by atoms with Crippen molar-refractivity contribution < 1.29 is 27.6 Å². The summed E-state index contributed by atoms with van der Waals surface area (Å²) in [6.07, 6.45) is -0.650. The summed E-state index contributed by atoms with van der Waals surface area (Å²) < 4.78 is 38.0. The van der Waals surface area contributed by atoms with Crippen molar-refractivity contribution in [2.45, 2.75) is 63.3 Å². The Labute approximate surface area is 185 Å². The van der Waals surface area contributed by atoms with Crippen molar-refractivity contribution in [1.82, 2.24) is 16.0 Å². The lowest BCUT2D eigenvalue weighted by Gasteiger charge is -2.25. The number of rotatable bonds is 10. The van der Waals surface area contributed by atoms with E-state index in [4.69, 9.17) is 0 Å². The minimum Gasteiger partial charge on any atom is -0.350 e. The first kappa shape index (κ1) is 25.2. The summed E-state index contributed by atoms with van der Waals surface area (Å²) in [6, 6.07) is 2.72. The maximum Gasteiger partial charge on any atom is 0.416 e. The van der Waals surface area contributed by atoms with E-state index in [0.29, 0.717) is 37.8 Å². The van der Waals surface area contributed by atoms with Crippen molar-refractivity contribution in [3.8, 4) is 0 Å². The second kappa shape index (κ2) is 12.1. The van der Waals surface area contributed by atoms with Crippen molar-refractivity contribution in [2.24, 2.45) is 0 Å².